The number of rotatable bonds is 6. The molecule has 0 aliphatic rings. The molecule has 3 aromatic rings. The van der Waals surface area contributed by atoms with E-state index >= 15 is 0 Å². The minimum Gasteiger partial charge on any atom is -0.481 e. The number of benzene rings is 2. The van der Waals surface area contributed by atoms with Crippen LogP contribution in [0.25, 0.3) is 10.8 Å². The van der Waals surface area contributed by atoms with E-state index in [0.29, 0.717) is 6.42 Å². The number of carboxylic acid groups (broad SMARTS) is 1. The number of hydrogen-bond donors (Lipinski definition) is 1. The highest BCUT2D eigenvalue weighted by atomic mass is 32.1. The first-order valence-corrected chi connectivity index (χ1v) is 8.45. The molecule has 0 radical (unpaired) electrons. The van der Waals surface area contributed by atoms with Crippen LogP contribution >= 0.6 is 11.3 Å². The monoisotopic (exact) mass is 326 g/mol. The molecule has 0 fully saturated rings. The van der Waals surface area contributed by atoms with Gasteiger partial charge in [-0.3, -0.25) is 4.79 Å². The first-order valence-electron chi connectivity index (χ1n) is 7.57. The summed E-state index contributed by atoms with van der Waals surface area (Å²) in [5.74, 6) is -0.139. The maximum Gasteiger partial charge on any atom is 0.307 e. The Hall–Kier alpha value is -2.33. The Kier molecular flexibility index (Phi) is 4.35. The van der Waals surface area contributed by atoms with Crippen molar-refractivity contribution in [3.63, 3.8) is 0 Å². The minimum absolute atomic E-state index is 0.0623. The van der Waals surface area contributed by atoms with E-state index in [9.17, 15) is 9.90 Å². The summed E-state index contributed by atoms with van der Waals surface area (Å²) in [6.07, 6.45) is 0.524. The van der Waals surface area contributed by atoms with Crippen LogP contribution in [0.4, 0.5) is 0 Å². The predicted octanol–water partition coefficient (Wildman–Crippen LogP) is 5.06. The lowest BCUT2D eigenvalue weighted by atomic mass is 9.93. The van der Waals surface area contributed by atoms with Crippen molar-refractivity contribution >= 4 is 28.1 Å². The molecule has 1 heterocycles. The first kappa shape index (κ1) is 15.6. The third kappa shape index (κ3) is 3.08. The van der Waals surface area contributed by atoms with Crippen LogP contribution in [0.3, 0.4) is 0 Å². The SMILES string of the molecule is CC[C@](CC(=O)O)(Oc1cccc2ccccc12)c1cccs1. The Bertz CT molecular complexity index is 805. The van der Waals surface area contributed by atoms with Gasteiger partial charge in [0.1, 0.15) is 5.75 Å². The molecule has 3 nitrogen and oxygen atoms in total. The van der Waals surface area contributed by atoms with Crippen LogP contribution in [0.5, 0.6) is 5.75 Å². The molecule has 1 N–H and O–H groups in total. The number of thiophene rings is 1. The quantitative estimate of drug-likeness (QED) is 0.688. The smallest absolute Gasteiger partial charge is 0.307 e. The van der Waals surface area contributed by atoms with E-state index in [2.05, 4.69) is 0 Å². The molecule has 0 spiro atoms. The summed E-state index contributed by atoms with van der Waals surface area (Å²) in [4.78, 5) is 12.4. The lowest BCUT2D eigenvalue weighted by Gasteiger charge is -2.32. The predicted molar refractivity (Wildman–Crippen MR) is 93.1 cm³/mol. The molecule has 2 aromatic carbocycles. The normalized spacial score (nSPS) is 13.6. The van der Waals surface area contributed by atoms with Crippen molar-refractivity contribution in [2.24, 2.45) is 0 Å². The zero-order chi connectivity index (χ0) is 16.3. The summed E-state index contributed by atoms with van der Waals surface area (Å²) < 4.78 is 6.35. The van der Waals surface area contributed by atoms with Crippen molar-refractivity contribution in [2.45, 2.75) is 25.4 Å². The molecule has 4 heteroatoms. The Morgan fingerprint density at radius 2 is 1.91 bits per heavy atom. The molecule has 0 saturated heterocycles. The topological polar surface area (TPSA) is 46.5 Å². The first-order chi connectivity index (χ1) is 11.1. The van der Waals surface area contributed by atoms with Crippen LogP contribution in [-0.4, -0.2) is 11.1 Å². The van der Waals surface area contributed by atoms with Crippen molar-refractivity contribution in [1.82, 2.24) is 0 Å². The van der Waals surface area contributed by atoms with Crippen molar-refractivity contribution < 1.29 is 14.6 Å². The number of fused-ring (bicyclic) bond motifs is 1. The summed E-state index contributed by atoms with van der Waals surface area (Å²) in [6, 6.07) is 17.7. The number of ether oxygens (including phenoxy) is 1. The van der Waals surface area contributed by atoms with Gasteiger partial charge in [0.15, 0.2) is 5.60 Å². The van der Waals surface area contributed by atoms with Crippen LogP contribution in [0.15, 0.2) is 60.0 Å². The van der Waals surface area contributed by atoms with Gasteiger partial charge in [0, 0.05) is 10.3 Å². The van der Waals surface area contributed by atoms with E-state index in [4.69, 9.17) is 4.74 Å². The third-order valence-electron chi connectivity index (χ3n) is 4.03. The summed E-state index contributed by atoms with van der Waals surface area (Å²) >= 11 is 1.53. The van der Waals surface area contributed by atoms with Gasteiger partial charge in [-0.05, 0) is 29.3 Å². The van der Waals surface area contributed by atoms with Crippen molar-refractivity contribution in [2.75, 3.05) is 0 Å². The van der Waals surface area contributed by atoms with Gasteiger partial charge in [0.25, 0.3) is 0 Å². The second kappa shape index (κ2) is 6.42. The Balaban J connectivity index is 2.09. The molecule has 0 bridgehead atoms. The number of aliphatic carboxylic acids is 1. The van der Waals surface area contributed by atoms with Gasteiger partial charge in [-0.25, -0.2) is 0 Å². The second-order valence-electron chi connectivity index (χ2n) is 5.48. The Labute approximate surface area is 139 Å². The van der Waals surface area contributed by atoms with Gasteiger partial charge in [0.05, 0.1) is 6.42 Å². The van der Waals surface area contributed by atoms with Gasteiger partial charge < -0.3 is 9.84 Å². The van der Waals surface area contributed by atoms with Gasteiger partial charge in [-0.2, -0.15) is 0 Å². The van der Waals surface area contributed by atoms with E-state index < -0.39 is 11.6 Å². The molecular formula is C19H18O3S. The van der Waals surface area contributed by atoms with E-state index in [-0.39, 0.29) is 6.42 Å². The summed E-state index contributed by atoms with van der Waals surface area (Å²) in [5, 5.41) is 13.4. The highest BCUT2D eigenvalue weighted by molar-refractivity contribution is 7.10. The summed E-state index contributed by atoms with van der Waals surface area (Å²) in [6.45, 7) is 1.97. The van der Waals surface area contributed by atoms with Crippen LogP contribution in [0.1, 0.15) is 24.6 Å². The molecule has 0 unspecified atom stereocenters. The van der Waals surface area contributed by atoms with Crippen molar-refractivity contribution in [3.8, 4) is 5.75 Å². The van der Waals surface area contributed by atoms with Crippen LogP contribution in [0, 0.1) is 0 Å². The van der Waals surface area contributed by atoms with Crippen molar-refractivity contribution in [1.29, 1.82) is 0 Å². The maximum atomic E-state index is 11.4. The third-order valence-corrected chi connectivity index (χ3v) is 5.09. The molecular weight excluding hydrogens is 308 g/mol. The highest BCUT2D eigenvalue weighted by Crippen LogP contribution is 2.39. The number of carbonyl (C=O) groups is 1. The van der Waals surface area contributed by atoms with Crippen molar-refractivity contribution in [3.05, 3.63) is 64.9 Å². The maximum absolute atomic E-state index is 11.4. The second-order valence-corrected chi connectivity index (χ2v) is 6.42. The van der Waals surface area contributed by atoms with Gasteiger partial charge in [-0.15, -0.1) is 11.3 Å². The summed E-state index contributed by atoms with van der Waals surface area (Å²) in [5.41, 5.74) is -0.843. The van der Waals surface area contributed by atoms with Crippen LogP contribution in [0.2, 0.25) is 0 Å². The van der Waals surface area contributed by atoms with Gasteiger partial charge >= 0.3 is 5.97 Å². The molecule has 118 valence electrons. The zero-order valence-electron chi connectivity index (χ0n) is 12.9. The lowest BCUT2D eigenvalue weighted by molar-refractivity contribution is -0.142. The van der Waals surface area contributed by atoms with E-state index in [0.717, 1.165) is 21.4 Å². The lowest BCUT2D eigenvalue weighted by Crippen LogP contribution is -2.34. The fourth-order valence-electron chi connectivity index (χ4n) is 2.82. The van der Waals surface area contributed by atoms with E-state index in [1.807, 2.05) is 66.9 Å². The number of hydrogen-bond acceptors (Lipinski definition) is 3. The standard InChI is InChI=1S/C19H18O3S/c1-2-19(13-18(20)21,17-11-6-12-23-17)22-16-10-5-8-14-7-3-4-9-15(14)16/h3-12H,2,13H2,1H3,(H,20,21)/t19-/m1/s1. The molecule has 0 aliphatic heterocycles. The van der Waals surface area contributed by atoms with E-state index in [1.54, 1.807) is 0 Å². The molecule has 1 aromatic heterocycles. The van der Waals surface area contributed by atoms with E-state index in [1.165, 1.54) is 11.3 Å². The fraction of sp³-hybridized carbons (Fsp3) is 0.211. The van der Waals surface area contributed by atoms with Gasteiger partial charge in [0.2, 0.25) is 0 Å². The fourth-order valence-corrected chi connectivity index (χ4v) is 3.76. The molecule has 1 atom stereocenters. The molecule has 0 amide bonds. The highest BCUT2D eigenvalue weighted by Gasteiger charge is 2.37. The Morgan fingerprint density at radius 3 is 2.61 bits per heavy atom. The van der Waals surface area contributed by atoms with Crippen LogP contribution < -0.4 is 4.74 Å². The largest absolute Gasteiger partial charge is 0.481 e. The molecule has 23 heavy (non-hydrogen) atoms. The van der Waals surface area contributed by atoms with Crippen LogP contribution in [-0.2, 0) is 10.4 Å². The molecule has 0 saturated carbocycles. The average Bonchev–Trinajstić information content (AvgIpc) is 3.09. The summed E-state index contributed by atoms with van der Waals surface area (Å²) in [7, 11) is 0. The average molecular weight is 326 g/mol. The zero-order valence-corrected chi connectivity index (χ0v) is 13.7. The number of carboxylic acids is 1. The van der Waals surface area contributed by atoms with Gasteiger partial charge in [-0.1, -0.05) is 49.4 Å². The molecule has 0 aliphatic carbocycles. The Morgan fingerprint density at radius 1 is 1.13 bits per heavy atom. The minimum atomic E-state index is -0.861. The molecule has 3 rings (SSSR count).